The van der Waals surface area contributed by atoms with Crippen LogP contribution in [0.15, 0.2) is 12.7 Å². The fourth-order valence-electron chi connectivity index (χ4n) is 1.90. The van der Waals surface area contributed by atoms with E-state index >= 15 is 0 Å². The molecule has 0 radical (unpaired) electrons. The van der Waals surface area contributed by atoms with Crippen molar-refractivity contribution in [3.63, 3.8) is 0 Å². The molecule has 0 spiro atoms. The van der Waals surface area contributed by atoms with Crippen LogP contribution in [0.4, 0.5) is 0 Å². The Morgan fingerprint density at radius 2 is 2.50 bits per heavy atom. The van der Waals surface area contributed by atoms with Crippen molar-refractivity contribution in [1.82, 2.24) is 5.32 Å². The van der Waals surface area contributed by atoms with Crippen LogP contribution in [0, 0.1) is 5.92 Å². The van der Waals surface area contributed by atoms with E-state index in [-0.39, 0.29) is 0 Å². The van der Waals surface area contributed by atoms with E-state index in [0.717, 1.165) is 26.2 Å². The van der Waals surface area contributed by atoms with E-state index in [1.54, 1.807) is 0 Å². The third-order valence-corrected chi connectivity index (χ3v) is 2.77. The van der Waals surface area contributed by atoms with Crippen LogP contribution >= 0.6 is 0 Å². The molecule has 1 aliphatic rings. The van der Waals surface area contributed by atoms with Gasteiger partial charge in [-0.15, -0.1) is 6.58 Å². The Balaban J connectivity index is 2.24. The summed E-state index contributed by atoms with van der Waals surface area (Å²) in [5, 5.41) is 3.46. The van der Waals surface area contributed by atoms with Crippen molar-refractivity contribution < 1.29 is 4.74 Å². The number of ether oxygens (including phenoxy) is 1. The second-order valence-corrected chi connectivity index (χ2v) is 3.85. The molecule has 1 fully saturated rings. The predicted molar refractivity (Wildman–Crippen MR) is 59.2 cm³/mol. The van der Waals surface area contributed by atoms with Crippen molar-refractivity contribution in [3.05, 3.63) is 12.7 Å². The van der Waals surface area contributed by atoms with Crippen molar-refractivity contribution in [3.8, 4) is 0 Å². The Morgan fingerprint density at radius 1 is 1.64 bits per heavy atom. The average Bonchev–Trinajstić information content (AvgIpc) is 2.26. The van der Waals surface area contributed by atoms with Gasteiger partial charge in [0.05, 0.1) is 6.61 Å². The third kappa shape index (κ3) is 3.78. The first-order valence-corrected chi connectivity index (χ1v) is 5.50. The van der Waals surface area contributed by atoms with Gasteiger partial charge in [-0.1, -0.05) is 6.08 Å². The molecule has 1 saturated heterocycles. The van der Waals surface area contributed by atoms with E-state index in [2.05, 4.69) is 11.9 Å². The Bertz CT molecular complexity index is 155. The summed E-state index contributed by atoms with van der Waals surface area (Å²) in [5.74, 6) is 0.596. The zero-order valence-corrected chi connectivity index (χ0v) is 8.87. The molecule has 3 N–H and O–H groups in total. The van der Waals surface area contributed by atoms with Gasteiger partial charge in [0.25, 0.3) is 0 Å². The maximum absolute atomic E-state index is 5.74. The maximum Gasteiger partial charge on any atom is 0.0509 e. The Labute approximate surface area is 86.7 Å². The van der Waals surface area contributed by atoms with Gasteiger partial charge in [-0.3, -0.25) is 0 Å². The molecule has 1 aliphatic heterocycles. The SMILES string of the molecule is C=CCCNC(CN)C1CCCOC1. The normalized spacial score (nSPS) is 24.5. The van der Waals surface area contributed by atoms with Gasteiger partial charge in [-0.2, -0.15) is 0 Å². The molecule has 0 amide bonds. The van der Waals surface area contributed by atoms with Crippen LogP contribution in [0.2, 0.25) is 0 Å². The topological polar surface area (TPSA) is 47.3 Å². The molecule has 2 unspecified atom stereocenters. The first-order valence-electron chi connectivity index (χ1n) is 5.50. The van der Waals surface area contributed by atoms with E-state index in [4.69, 9.17) is 10.5 Å². The van der Waals surface area contributed by atoms with Crippen LogP contribution < -0.4 is 11.1 Å². The molecule has 0 aromatic carbocycles. The standard InChI is InChI=1S/C11H22N2O/c1-2-3-6-13-11(8-12)10-5-4-7-14-9-10/h2,10-11,13H,1,3-9,12H2. The van der Waals surface area contributed by atoms with Crippen molar-refractivity contribution in [2.24, 2.45) is 11.7 Å². The van der Waals surface area contributed by atoms with Gasteiger partial charge in [0, 0.05) is 19.2 Å². The smallest absolute Gasteiger partial charge is 0.0509 e. The molecule has 3 nitrogen and oxygen atoms in total. The Kier molecular flexibility index (Phi) is 5.83. The molecule has 0 aromatic heterocycles. The van der Waals surface area contributed by atoms with Gasteiger partial charge in [0.15, 0.2) is 0 Å². The number of nitrogens with one attached hydrogen (secondary N) is 1. The van der Waals surface area contributed by atoms with Crippen molar-refractivity contribution in [1.29, 1.82) is 0 Å². The lowest BCUT2D eigenvalue weighted by atomic mass is 9.93. The van der Waals surface area contributed by atoms with Crippen LogP contribution in [-0.2, 0) is 4.74 Å². The summed E-state index contributed by atoms with van der Waals surface area (Å²) in [6.07, 6.45) is 5.34. The fraction of sp³-hybridized carbons (Fsp3) is 0.818. The van der Waals surface area contributed by atoms with Crippen molar-refractivity contribution in [2.75, 3.05) is 26.3 Å². The van der Waals surface area contributed by atoms with Crippen LogP contribution in [0.3, 0.4) is 0 Å². The van der Waals surface area contributed by atoms with Crippen molar-refractivity contribution in [2.45, 2.75) is 25.3 Å². The molecule has 3 heteroatoms. The van der Waals surface area contributed by atoms with Crippen LogP contribution in [0.25, 0.3) is 0 Å². The molecular formula is C11H22N2O. The highest BCUT2D eigenvalue weighted by molar-refractivity contribution is 4.80. The lowest BCUT2D eigenvalue weighted by molar-refractivity contribution is 0.0407. The summed E-state index contributed by atoms with van der Waals surface area (Å²) < 4.78 is 5.46. The molecule has 0 aromatic rings. The molecule has 82 valence electrons. The average molecular weight is 198 g/mol. The van der Waals surface area contributed by atoms with E-state index in [0.29, 0.717) is 18.5 Å². The fourth-order valence-corrected chi connectivity index (χ4v) is 1.90. The number of nitrogens with two attached hydrogens (primary N) is 1. The van der Waals surface area contributed by atoms with Gasteiger partial charge in [0.1, 0.15) is 0 Å². The van der Waals surface area contributed by atoms with Gasteiger partial charge in [-0.25, -0.2) is 0 Å². The highest BCUT2D eigenvalue weighted by atomic mass is 16.5. The zero-order chi connectivity index (χ0) is 10.2. The molecule has 14 heavy (non-hydrogen) atoms. The summed E-state index contributed by atoms with van der Waals surface area (Å²) in [4.78, 5) is 0. The van der Waals surface area contributed by atoms with E-state index in [9.17, 15) is 0 Å². The lowest BCUT2D eigenvalue weighted by Crippen LogP contribution is -2.45. The number of rotatable bonds is 6. The lowest BCUT2D eigenvalue weighted by Gasteiger charge is -2.30. The molecule has 1 rings (SSSR count). The minimum Gasteiger partial charge on any atom is -0.381 e. The largest absolute Gasteiger partial charge is 0.381 e. The Hall–Kier alpha value is -0.380. The van der Waals surface area contributed by atoms with Gasteiger partial charge < -0.3 is 15.8 Å². The second-order valence-electron chi connectivity index (χ2n) is 3.85. The van der Waals surface area contributed by atoms with Crippen LogP contribution in [0.1, 0.15) is 19.3 Å². The van der Waals surface area contributed by atoms with E-state index in [1.807, 2.05) is 6.08 Å². The predicted octanol–water partition coefficient (Wildman–Crippen LogP) is 0.906. The summed E-state index contributed by atoms with van der Waals surface area (Å²) in [6, 6.07) is 0.412. The molecular weight excluding hydrogens is 176 g/mol. The Morgan fingerprint density at radius 3 is 3.07 bits per heavy atom. The monoisotopic (exact) mass is 198 g/mol. The second kappa shape index (κ2) is 6.98. The summed E-state index contributed by atoms with van der Waals surface area (Å²) in [7, 11) is 0. The molecule has 2 atom stereocenters. The molecule has 1 heterocycles. The van der Waals surface area contributed by atoms with Crippen molar-refractivity contribution >= 4 is 0 Å². The molecule has 0 aliphatic carbocycles. The first kappa shape index (κ1) is 11.7. The highest BCUT2D eigenvalue weighted by Crippen LogP contribution is 2.16. The summed E-state index contributed by atoms with van der Waals surface area (Å²) in [5.41, 5.74) is 5.74. The van der Waals surface area contributed by atoms with E-state index < -0.39 is 0 Å². The number of hydrogen-bond donors (Lipinski definition) is 2. The minimum absolute atomic E-state index is 0.412. The third-order valence-electron chi connectivity index (χ3n) is 2.77. The highest BCUT2D eigenvalue weighted by Gasteiger charge is 2.22. The minimum atomic E-state index is 0.412. The van der Waals surface area contributed by atoms with Crippen LogP contribution in [0.5, 0.6) is 0 Å². The zero-order valence-electron chi connectivity index (χ0n) is 8.87. The quantitative estimate of drug-likeness (QED) is 0.492. The van der Waals surface area contributed by atoms with Gasteiger partial charge >= 0.3 is 0 Å². The summed E-state index contributed by atoms with van der Waals surface area (Å²) in [6.45, 7) is 7.15. The number of hydrogen-bond acceptors (Lipinski definition) is 3. The van der Waals surface area contributed by atoms with Gasteiger partial charge in [0.2, 0.25) is 0 Å². The van der Waals surface area contributed by atoms with E-state index in [1.165, 1.54) is 12.8 Å². The van der Waals surface area contributed by atoms with Crippen LogP contribution in [-0.4, -0.2) is 32.3 Å². The first-order chi connectivity index (χ1) is 6.88. The molecule has 0 saturated carbocycles. The maximum atomic E-state index is 5.74. The molecule has 0 bridgehead atoms. The van der Waals surface area contributed by atoms with Gasteiger partial charge in [-0.05, 0) is 31.7 Å². The summed E-state index contributed by atoms with van der Waals surface area (Å²) >= 11 is 0.